The molecule has 0 aliphatic heterocycles. The third-order valence-corrected chi connectivity index (χ3v) is 3.68. The standard InChI is InChI=1S/C14H11N3S/c1-2-6-13-12(5-1)14(17-10-16-13)18-9-11-4-3-7-15-8-11/h1-8,10H,9H2. The zero-order chi connectivity index (χ0) is 12.2. The van der Waals surface area contributed by atoms with Gasteiger partial charge in [-0.1, -0.05) is 24.3 Å². The van der Waals surface area contributed by atoms with Crippen LogP contribution in [0.3, 0.4) is 0 Å². The quantitative estimate of drug-likeness (QED) is 0.530. The molecule has 0 N–H and O–H groups in total. The zero-order valence-electron chi connectivity index (χ0n) is 9.65. The molecule has 0 saturated carbocycles. The van der Waals surface area contributed by atoms with E-state index >= 15 is 0 Å². The van der Waals surface area contributed by atoms with Gasteiger partial charge in [0.1, 0.15) is 11.4 Å². The van der Waals surface area contributed by atoms with E-state index in [2.05, 4.69) is 27.1 Å². The summed E-state index contributed by atoms with van der Waals surface area (Å²) in [5, 5.41) is 2.12. The van der Waals surface area contributed by atoms with Crippen LogP contribution in [0, 0.1) is 0 Å². The van der Waals surface area contributed by atoms with E-state index in [0.29, 0.717) is 0 Å². The molecule has 0 bridgehead atoms. The van der Waals surface area contributed by atoms with Gasteiger partial charge in [-0.15, -0.1) is 11.8 Å². The average molecular weight is 253 g/mol. The molecule has 0 unspecified atom stereocenters. The Morgan fingerprint density at radius 2 is 1.94 bits per heavy atom. The Hall–Kier alpha value is -1.94. The van der Waals surface area contributed by atoms with Crippen molar-refractivity contribution in [1.82, 2.24) is 15.0 Å². The molecule has 3 aromatic rings. The molecular weight excluding hydrogens is 242 g/mol. The van der Waals surface area contributed by atoms with Crippen molar-refractivity contribution in [3.05, 3.63) is 60.7 Å². The van der Waals surface area contributed by atoms with Gasteiger partial charge in [-0.05, 0) is 17.7 Å². The summed E-state index contributed by atoms with van der Waals surface area (Å²) >= 11 is 1.71. The summed E-state index contributed by atoms with van der Waals surface area (Å²) in [4.78, 5) is 12.7. The largest absolute Gasteiger partial charge is 0.264 e. The van der Waals surface area contributed by atoms with Crippen molar-refractivity contribution < 1.29 is 0 Å². The fourth-order valence-electron chi connectivity index (χ4n) is 1.73. The molecule has 0 radical (unpaired) electrons. The van der Waals surface area contributed by atoms with Crippen LogP contribution in [0.15, 0.2) is 60.1 Å². The Morgan fingerprint density at radius 3 is 2.83 bits per heavy atom. The Labute approximate surface area is 109 Å². The lowest BCUT2D eigenvalue weighted by Gasteiger charge is -2.04. The number of hydrogen-bond acceptors (Lipinski definition) is 4. The Kier molecular flexibility index (Phi) is 3.19. The van der Waals surface area contributed by atoms with Crippen LogP contribution in [0.1, 0.15) is 5.56 Å². The number of benzene rings is 1. The summed E-state index contributed by atoms with van der Waals surface area (Å²) in [5.74, 6) is 0.870. The number of rotatable bonds is 3. The van der Waals surface area contributed by atoms with E-state index in [1.54, 1.807) is 24.3 Å². The van der Waals surface area contributed by atoms with Gasteiger partial charge in [-0.3, -0.25) is 4.98 Å². The number of fused-ring (bicyclic) bond motifs is 1. The van der Waals surface area contributed by atoms with Gasteiger partial charge in [0.25, 0.3) is 0 Å². The fourth-order valence-corrected chi connectivity index (χ4v) is 2.65. The predicted octanol–water partition coefficient (Wildman–Crippen LogP) is 3.32. The maximum atomic E-state index is 4.35. The SMILES string of the molecule is c1cncc(CSc2ncnc3ccccc23)c1. The number of hydrogen-bond donors (Lipinski definition) is 0. The maximum Gasteiger partial charge on any atom is 0.117 e. The molecule has 1 aromatic carbocycles. The highest BCUT2D eigenvalue weighted by Crippen LogP contribution is 2.26. The summed E-state index contributed by atoms with van der Waals surface area (Å²) < 4.78 is 0. The third kappa shape index (κ3) is 2.33. The Bertz CT molecular complexity index is 650. The van der Waals surface area contributed by atoms with E-state index in [-0.39, 0.29) is 0 Å². The second kappa shape index (κ2) is 5.14. The Morgan fingerprint density at radius 1 is 1.00 bits per heavy atom. The summed E-state index contributed by atoms with van der Waals surface area (Å²) in [5.41, 5.74) is 2.19. The molecule has 0 aliphatic rings. The van der Waals surface area contributed by atoms with Crippen molar-refractivity contribution in [1.29, 1.82) is 0 Å². The lowest BCUT2D eigenvalue weighted by Crippen LogP contribution is -1.88. The minimum absolute atomic E-state index is 0.870. The first-order chi connectivity index (χ1) is 8.93. The monoisotopic (exact) mass is 253 g/mol. The van der Waals surface area contributed by atoms with Crippen molar-refractivity contribution in [2.24, 2.45) is 0 Å². The molecule has 3 rings (SSSR count). The maximum absolute atomic E-state index is 4.35. The van der Waals surface area contributed by atoms with E-state index in [1.165, 1.54) is 5.56 Å². The molecule has 0 spiro atoms. The summed E-state index contributed by atoms with van der Waals surface area (Å²) in [7, 11) is 0. The molecule has 0 fully saturated rings. The summed E-state index contributed by atoms with van der Waals surface area (Å²) in [6.07, 6.45) is 5.29. The van der Waals surface area contributed by atoms with Crippen LogP contribution in [0.4, 0.5) is 0 Å². The highest BCUT2D eigenvalue weighted by Gasteiger charge is 2.03. The first-order valence-corrected chi connectivity index (χ1v) is 6.63. The lowest BCUT2D eigenvalue weighted by molar-refractivity contribution is 1.10. The van der Waals surface area contributed by atoms with Crippen LogP contribution in [-0.4, -0.2) is 15.0 Å². The summed E-state index contributed by atoms with van der Waals surface area (Å²) in [6, 6.07) is 12.1. The molecule has 4 heteroatoms. The first kappa shape index (κ1) is 11.2. The minimum Gasteiger partial charge on any atom is -0.264 e. The van der Waals surface area contributed by atoms with Gasteiger partial charge in [0.05, 0.1) is 5.52 Å². The van der Waals surface area contributed by atoms with Crippen LogP contribution in [-0.2, 0) is 5.75 Å². The van der Waals surface area contributed by atoms with E-state index < -0.39 is 0 Å². The van der Waals surface area contributed by atoms with E-state index in [1.807, 2.05) is 30.5 Å². The van der Waals surface area contributed by atoms with Gasteiger partial charge in [-0.2, -0.15) is 0 Å². The second-order valence-electron chi connectivity index (χ2n) is 3.85. The topological polar surface area (TPSA) is 38.7 Å². The zero-order valence-corrected chi connectivity index (χ0v) is 10.5. The highest BCUT2D eigenvalue weighted by atomic mass is 32.2. The third-order valence-electron chi connectivity index (χ3n) is 2.60. The van der Waals surface area contributed by atoms with E-state index in [0.717, 1.165) is 21.7 Å². The molecule has 0 amide bonds. The number of thioether (sulfide) groups is 1. The number of nitrogens with zero attached hydrogens (tertiary/aromatic N) is 3. The highest BCUT2D eigenvalue weighted by molar-refractivity contribution is 7.98. The van der Waals surface area contributed by atoms with Crippen molar-refractivity contribution in [2.75, 3.05) is 0 Å². The molecule has 2 heterocycles. The van der Waals surface area contributed by atoms with Gasteiger partial charge in [0, 0.05) is 23.5 Å². The lowest BCUT2D eigenvalue weighted by atomic mass is 10.2. The molecular formula is C14H11N3S. The van der Waals surface area contributed by atoms with Crippen molar-refractivity contribution >= 4 is 22.7 Å². The van der Waals surface area contributed by atoms with Crippen LogP contribution in [0.2, 0.25) is 0 Å². The first-order valence-electron chi connectivity index (χ1n) is 5.65. The number of pyridine rings is 1. The van der Waals surface area contributed by atoms with Crippen molar-refractivity contribution in [3.63, 3.8) is 0 Å². The van der Waals surface area contributed by atoms with Crippen molar-refractivity contribution in [2.45, 2.75) is 10.8 Å². The average Bonchev–Trinajstić information content (AvgIpc) is 2.46. The number of para-hydroxylation sites is 1. The van der Waals surface area contributed by atoms with Gasteiger partial charge in [0.2, 0.25) is 0 Å². The van der Waals surface area contributed by atoms with Gasteiger partial charge in [-0.25, -0.2) is 9.97 Å². The normalized spacial score (nSPS) is 10.7. The van der Waals surface area contributed by atoms with Crippen LogP contribution in [0.25, 0.3) is 10.9 Å². The summed E-state index contributed by atoms with van der Waals surface area (Å²) in [6.45, 7) is 0. The smallest absolute Gasteiger partial charge is 0.117 e. The second-order valence-corrected chi connectivity index (χ2v) is 4.81. The van der Waals surface area contributed by atoms with E-state index in [9.17, 15) is 0 Å². The molecule has 88 valence electrons. The van der Waals surface area contributed by atoms with Crippen molar-refractivity contribution in [3.8, 4) is 0 Å². The number of aromatic nitrogens is 3. The van der Waals surface area contributed by atoms with Gasteiger partial charge >= 0.3 is 0 Å². The fraction of sp³-hybridized carbons (Fsp3) is 0.0714. The molecule has 3 nitrogen and oxygen atoms in total. The van der Waals surface area contributed by atoms with E-state index in [4.69, 9.17) is 0 Å². The minimum atomic E-state index is 0.870. The molecule has 2 aromatic heterocycles. The van der Waals surface area contributed by atoms with Gasteiger partial charge in [0.15, 0.2) is 0 Å². The molecule has 18 heavy (non-hydrogen) atoms. The molecule has 0 saturated heterocycles. The molecule has 0 aliphatic carbocycles. The van der Waals surface area contributed by atoms with Crippen LogP contribution < -0.4 is 0 Å². The van der Waals surface area contributed by atoms with Crippen LogP contribution >= 0.6 is 11.8 Å². The Balaban J connectivity index is 1.87. The predicted molar refractivity (Wildman–Crippen MR) is 73.3 cm³/mol. The van der Waals surface area contributed by atoms with Gasteiger partial charge < -0.3 is 0 Å². The molecule has 0 atom stereocenters. The van der Waals surface area contributed by atoms with Crippen LogP contribution in [0.5, 0.6) is 0 Å².